The number of carbonyl (C=O) groups is 2. The molecule has 1 aromatic heterocycles. The molecular formula is C28H36N4O3. The number of piperidine rings is 1. The monoisotopic (exact) mass is 477 g/mol. The number of amides is 2. The Balaban J connectivity index is 1.56. The van der Waals surface area contributed by atoms with Crippen molar-refractivity contribution in [1.29, 1.82) is 0 Å². The fraction of sp³-hybridized carbons (Fsp3) is 0.464. The van der Waals surface area contributed by atoms with Crippen LogP contribution in [0.4, 0.5) is 4.79 Å². The number of rotatable bonds is 3. The van der Waals surface area contributed by atoms with Crippen molar-refractivity contribution in [3.8, 4) is 5.69 Å². The molecule has 1 saturated heterocycles. The maximum atomic E-state index is 12.8. The van der Waals surface area contributed by atoms with Crippen molar-refractivity contribution in [1.82, 2.24) is 20.0 Å². The molecule has 1 aliphatic heterocycles. The Morgan fingerprint density at radius 2 is 1.80 bits per heavy atom. The predicted molar refractivity (Wildman–Crippen MR) is 138 cm³/mol. The number of benzene rings is 2. The Bertz CT molecular complexity index is 1270. The first-order valence-corrected chi connectivity index (χ1v) is 12.1. The normalized spacial score (nSPS) is 19.4. The van der Waals surface area contributed by atoms with Crippen LogP contribution in [0, 0.1) is 0 Å². The van der Waals surface area contributed by atoms with Gasteiger partial charge in [-0.3, -0.25) is 4.79 Å². The number of nitrogens with zero attached hydrogens (tertiary/aromatic N) is 3. The third-order valence-electron chi connectivity index (χ3n) is 5.75. The summed E-state index contributed by atoms with van der Waals surface area (Å²) in [5.74, 6) is -1.06. The number of aromatic nitrogens is 2. The molecule has 2 heterocycles. The van der Waals surface area contributed by atoms with Crippen LogP contribution in [0.5, 0.6) is 0 Å². The Labute approximate surface area is 208 Å². The molecule has 0 aliphatic carbocycles. The molecule has 1 aliphatic rings. The molecule has 0 bridgehead atoms. The molecule has 35 heavy (non-hydrogen) atoms. The standard InChI is InChI=1S/C28H36N4O3/c1-27(2,3)29-25(33)23-11-7-9-21-18-32(30-24(21)23)22-14-12-19(13-15-22)20-10-8-16-31(17-20)26(34)35-28(4,5)6/h7,9,11-15,18,20H,8,10,16-17H2,1-6H3,(H,29,33)/i20D. The van der Waals surface area contributed by atoms with Crippen LogP contribution < -0.4 is 5.32 Å². The Hall–Kier alpha value is -3.35. The lowest BCUT2D eigenvalue weighted by atomic mass is 9.91. The van der Waals surface area contributed by atoms with Crippen molar-refractivity contribution in [3.05, 3.63) is 59.8 Å². The van der Waals surface area contributed by atoms with E-state index in [1.165, 1.54) is 0 Å². The van der Waals surface area contributed by atoms with E-state index < -0.39 is 11.5 Å². The molecule has 7 heteroatoms. The number of carbonyl (C=O) groups excluding carboxylic acids is 2. The number of hydrogen-bond donors (Lipinski definition) is 1. The summed E-state index contributed by atoms with van der Waals surface area (Å²) < 4.78 is 16.4. The van der Waals surface area contributed by atoms with Gasteiger partial charge in [0.25, 0.3) is 5.91 Å². The van der Waals surface area contributed by atoms with E-state index in [2.05, 4.69) is 5.32 Å². The molecule has 1 atom stereocenters. The average Bonchev–Trinajstić information content (AvgIpc) is 3.21. The molecule has 1 fully saturated rings. The highest BCUT2D eigenvalue weighted by Gasteiger charge is 2.28. The van der Waals surface area contributed by atoms with Gasteiger partial charge in [-0.05, 0) is 78.1 Å². The van der Waals surface area contributed by atoms with E-state index in [1.54, 1.807) is 15.6 Å². The van der Waals surface area contributed by atoms with Crippen LogP contribution >= 0.6 is 0 Å². The van der Waals surface area contributed by atoms with Gasteiger partial charge in [-0.1, -0.05) is 24.3 Å². The summed E-state index contributed by atoms with van der Waals surface area (Å²) in [7, 11) is 0. The highest BCUT2D eigenvalue weighted by atomic mass is 16.6. The average molecular weight is 478 g/mol. The summed E-state index contributed by atoms with van der Waals surface area (Å²) in [5, 5.41) is 8.58. The molecule has 3 aromatic rings. The fourth-order valence-corrected chi connectivity index (χ4v) is 4.21. The van der Waals surface area contributed by atoms with Crippen LogP contribution in [-0.2, 0) is 4.74 Å². The fourth-order valence-electron chi connectivity index (χ4n) is 4.21. The van der Waals surface area contributed by atoms with Crippen LogP contribution in [0.25, 0.3) is 16.6 Å². The quantitative estimate of drug-likeness (QED) is 0.527. The molecule has 4 rings (SSSR count). The highest BCUT2D eigenvalue weighted by molar-refractivity contribution is 6.05. The van der Waals surface area contributed by atoms with Crippen LogP contribution in [0.2, 0.25) is 0 Å². The topological polar surface area (TPSA) is 76.5 Å². The SMILES string of the molecule is [2H]C1(c2ccc(-n3cc4cccc(C(=O)NC(C)(C)C)c4n3)cc2)CCCN(C(=O)OC(C)(C)C)C1. The van der Waals surface area contributed by atoms with E-state index in [0.717, 1.165) is 23.1 Å². The van der Waals surface area contributed by atoms with Gasteiger partial charge in [0.2, 0.25) is 0 Å². The van der Waals surface area contributed by atoms with Crippen molar-refractivity contribution in [2.75, 3.05) is 13.1 Å². The van der Waals surface area contributed by atoms with Gasteiger partial charge in [-0.25, -0.2) is 9.48 Å². The molecule has 0 saturated carbocycles. The van der Waals surface area contributed by atoms with Gasteiger partial charge in [0.1, 0.15) is 11.1 Å². The number of nitrogens with one attached hydrogen (secondary N) is 1. The van der Waals surface area contributed by atoms with Crippen molar-refractivity contribution in [3.63, 3.8) is 0 Å². The summed E-state index contributed by atoms with van der Waals surface area (Å²) in [6.45, 7) is 12.3. The van der Waals surface area contributed by atoms with Gasteiger partial charge in [-0.15, -0.1) is 0 Å². The van der Waals surface area contributed by atoms with Gasteiger partial charge >= 0.3 is 6.09 Å². The smallest absolute Gasteiger partial charge is 0.410 e. The molecule has 2 amide bonds. The minimum atomic E-state index is -0.902. The van der Waals surface area contributed by atoms with E-state index in [0.29, 0.717) is 30.6 Å². The second-order valence-electron chi connectivity index (χ2n) is 11.2. The van der Waals surface area contributed by atoms with E-state index in [-0.39, 0.29) is 17.5 Å². The summed E-state index contributed by atoms with van der Waals surface area (Å²) in [5.41, 5.74) is 1.94. The first kappa shape index (κ1) is 23.4. The van der Waals surface area contributed by atoms with E-state index in [4.69, 9.17) is 11.2 Å². The molecule has 0 radical (unpaired) electrons. The lowest BCUT2D eigenvalue weighted by Crippen LogP contribution is -2.42. The zero-order valence-electron chi connectivity index (χ0n) is 22.5. The lowest BCUT2D eigenvalue weighted by Gasteiger charge is -2.34. The Morgan fingerprint density at radius 3 is 2.46 bits per heavy atom. The second-order valence-corrected chi connectivity index (χ2v) is 11.2. The van der Waals surface area contributed by atoms with Crippen LogP contribution in [-0.4, -0.2) is 50.9 Å². The number of fused-ring (bicyclic) bond motifs is 1. The third kappa shape index (κ3) is 6.02. The van der Waals surface area contributed by atoms with Crippen LogP contribution in [0.3, 0.4) is 0 Å². The maximum absolute atomic E-state index is 12.8. The van der Waals surface area contributed by atoms with Crippen LogP contribution in [0.1, 0.15) is 77.6 Å². The van der Waals surface area contributed by atoms with Gasteiger partial charge in [-0.2, -0.15) is 5.10 Å². The molecular weight excluding hydrogens is 440 g/mol. The lowest BCUT2D eigenvalue weighted by molar-refractivity contribution is 0.0198. The van der Waals surface area contributed by atoms with Gasteiger partial charge in [0, 0.05) is 37.5 Å². The predicted octanol–water partition coefficient (Wildman–Crippen LogP) is 5.67. The largest absolute Gasteiger partial charge is 0.444 e. The van der Waals surface area contributed by atoms with Gasteiger partial charge in [0.05, 0.1) is 11.3 Å². The Morgan fingerprint density at radius 1 is 1.09 bits per heavy atom. The number of hydrogen-bond acceptors (Lipinski definition) is 4. The third-order valence-corrected chi connectivity index (χ3v) is 5.75. The summed E-state index contributed by atoms with van der Waals surface area (Å²) in [4.78, 5) is 27.0. The maximum Gasteiger partial charge on any atom is 0.410 e. The summed E-state index contributed by atoms with van der Waals surface area (Å²) in [6, 6.07) is 13.3. The molecule has 1 unspecified atom stereocenters. The first-order valence-electron chi connectivity index (χ1n) is 12.6. The molecule has 1 N–H and O–H groups in total. The molecule has 2 aromatic carbocycles. The van der Waals surface area contributed by atoms with Crippen molar-refractivity contribution >= 4 is 22.9 Å². The second kappa shape index (κ2) is 9.36. The van der Waals surface area contributed by atoms with Crippen molar-refractivity contribution in [2.24, 2.45) is 0 Å². The van der Waals surface area contributed by atoms with Crippen molar-refractivity contribution in [2.45, 2.75) is 71.4 Å². The zero-order valence-corrected chi connectivity index (χ0v) is 21.5. The van der Waals surface area contributed by atoms with E-state index >= 15 is 0 Å². The highest BCUT2D eigenvalue weighted by Crippen LogP contribution is 2.29. The Kier molecular flexibility index (Phi) is 6.26. The molecule has 186 valence electrons. The first-order chi connectivity index (χ1) is 16.7. The number of likely N-dealkylation sites (tertiary alicyclic amines) is 1. The zero-order chi connectivity index (χ0) is 26.3. The van der Waals surface area contributed by atoms with Crippen LogP contribution in [0.15, 0.2) is 48.7 Å². The minimum absolute atomic E-state index is 0.156. The molecule has 7 nitrogen and oxygen atoms in total. The number of ether oxygens (including phenoxy) is 1. The van der Waals surface area contributed by atoms with Gasteiger partial charge in [0.15, 0.2) is 0 Å². The van der Waals surface area contributed by atoms with Crippen molar-refractivity contribution < 1.29 is 15.7 Å². The van der Waals surface area contributed by atoms with E-state index in [1.807, 2.05) is 84.1 Å². The van der Waals surface area contributed by atoms with E-state index in [9.17, 15) is 9.59 Å². The minimum Gasteiger partial charge on any atom is -0.444 e. The summed E-state index contributed by atoms with van der Waals surface area (Å²) in [6.07, 6.45) is 2.95. The van der Waals surface area contributed by atoms with Gasteiger partial charge < -0.3 is 15.0 Å². The molecule has 0 spiro atoms. The summed E-state index contributed by atoms with van der Waals surface area (Å²) >= 11 is 0.